The fourth-order valence-corrected chi connectivity index (χ4v) is 1.44. The molecule has 1 rings (SSSR count). The van der Waals surface area contributed by atoms with Crippen LogP contribution in [0.3, 0.4) is 0 Å². The Hall–Kier alpha value is -1.07. The van der Waals surface area contributed by atoms with Gasteiger partial charge in [0.05, 0.1) is 11.6 Å². The smallest absolute Gasteiger partial charge is 0.173 e. The van der Waals surface area contributed by atoms with E-state index >= 15 is 0 Å². The van der Waals surface area contributed by atoms with Crippen molar-refractivity contribution in [1.29, 1.82) is 0 Å². The minimum atomic E-state index is -0.553. The number of halogens is 2. The molecule has 1 aromatic rings. The Labute approximate surface area is 97.4 Å². The van der Waals surface area contributed by atoms with E-state index in [-0.39, 0.29) is 15.9 Å². The summed E-state index contributed by atoms with van der Waals surface area (Å²) in [5, 5.41) is 2.81. The van der Waals surface area contributed by atoms with E-state index < -0.39 is 5.82 Å². The number of hydrogen-bond acceptors (Lipinski definition) is 2. The highest BCUT2D eigenvalue weighted by Gasteiger charge is 2.10. The van der Waals surface area contributed by atoms with E-state index in [4.69, 9.17) is 22.1 Å². The van der Waals surface area contributed by atoms with Crippen LogP contribution in [-0.4, -0.2) is 11.7 Å². The van der Waals surface area contributed by atoms with Gasteiger partial charge in [-0.1, -0.05) is 11.6 Å². The Morgan fingerprint density at radius 3 is 2.80 bits per heavy atom. The number of nitrogens with two attached hydrogens (primary N) is 1. The summed E-state index contributed by atoms with van der Waals surface area (Å²) in [4.78, 5) is 0. The third kappa shape index (κ3) is 3.21. The number of nitrogens with one attached hydrogen (secondary N) is 1. The van der Waals surface area contributed by atoms with Gasteiger partial charge in [0.25, 0.3) is 0 Å². The van der Waals surface area contributed by atoms with Crippen LogP contribution in [0.25, 0.3) is 0 Å². The summed E-state index contributed by atoms with van der Waals surface area (Å²) >= 11 is 10.4. The number of ether oxygens (including phenoxy) is 1. The highest BCUT2D eigenvalue weighted by molar-refractivity contribution is 7.80. The fraction of sp³-hybridized carbons (Fsp3) is 0.222. The highest BCUT2D eigenvalue weighted by atomic mass is 35.5. The number of benzene rings is 1. The van der Waals surface area contributed by atoms with Crippen LogP contribution < -0.4 is 15.8 Å². The van der Waals surface area contributed by atoms with E-state index in [0.29, 0.717) is 12.3 Å². The molecular weight excluding hydrogens is 239 g/mol. The van der Waals surface area contributed by atoms with Crippen LogP contribution in [0.15, 0.2) is 12.1 Å². The molecule has 0 radical (unpaired) electrons. The van der Waals surface area contributed by atoms with E-state index in [1.165, 1.54) is 12.1 Å². The van der Waals surface area contributed by atoms with Gasteiger partial charge in [-0.2, -0.15) is 0 Å². The number of hydrogen-bond donors (Lipinski definition) is 2. The molecule has 3 N–H and O–H groups in total. The van der Waals surface area contributed by atoms with Crippen molar-refractivity contribution in [2.75, 3.05) is 11.9 Å². The molecule has 0 amide bonds. The van der Waals surface area contributed by atoms with Gasteiger partial charge in [0.1, 0.15) is 0 Å². The lowest BCUT2D eigenvalue weighted by Gasteiger charge is -2.10. The van der Waals surface area contributed by atoms with Gasteiger partial charge in [-0.05, 0) is 25.2 Å². The average molecular weight is 249 g/mol. The van der Waals surface area contributed by atoms with Gasteiger partial charge in [-0.25, -0.2) is 4.39 Å². The minimum Gasteiger partial charge on any atom is -0.489 e. The van der Waals surface area contributed by atoms with Crippen LogP contribution in [0.4, 0.5) is 10.1 Å². The minimum absolute atomic E-state index is 0.0349. The van der Waals surface area contributed by atoms with Crippen molar-refractivity contribution in [1.82, 2.24) is 0 Å². The third-order valence-electron chi connectivity index (χ3n) is 1.55. The zero-order chi connectivity index (χ0) is 11.4. The van der Waals surface area contributed by atoms with Gasteiger partial charge in [-0.15, -0.1) is 0 Å². The Bertz CT molecular complexity index is 363. The second-order valence-corrected chi connectivity index (χ2v) is 3.54. The molecule has 0 aliphatic rings. The Morgan fingerprint density at radius 1 is 1.67 bits per heavy atom. The summed E-state index contributed by atoms with van der Waals surface area (Å²) in [7, 11) is 0. The summed E-state index contributed by atoms with van der Waals surface area (Å²) in [6, 6.07) is 2.71. The van der Waals surface area contributed by atoms with Crippen LogP contribution in [0, 0.1) is 5.82 Å². The van der Waals surface area contributed by atoms with Gasteiger partial charge >= 0.3 is 0 Å². The summed E-state index contributed by atoms with van der Waals surface area (Å²) < 4.78 is 18.4. The monoisotopic (exact) mass is 248 g/mol. The summed E-state index contributed by atoms with van der Waals surface area (Å²) in [6.45, 7) is 2.09. The topological polar surface area (TPSA) is 47.3 Å². The van der Waals surface area contributed by atoms with Crippen molar-refractivity contribution in [2.24, 2.45) is 5.73 Å². The van der Waals surface area contributed by atoms with Crippen LogP contribution in [-0.2, 0) is 0 Å². The molecule has 0 atom stereocenters. The molecule has 0 aliphatic carbocycles. The van der Waals surface area contributed by atoms with Gasteiger partial charge in [-0.3, -0.25) is 0 Å². The number of anilines is 1. The molecule has 0 saturated carbocycles. The predicted molar refractivity (Wildman–Crippen MR) is 63.0 cm³/mol. The number of thiocarbonyl (C=S) groups is 1. The molecule has 0 fully saturated rings. The van der Waals surface area contributed by atoms with Crippen LogP contribution in [0.1, 0.15) is 6.92 Å². The lowest BCUT2D eigenvalue weighted by molar-refractivity contribution is 0.322. The predicted octanol–water partition coefficient (Wildman–Crippen LogP) is 2.53. The normalized spacial score (nSPS) is 9.80. The molecule has 0 heterocycles. The van der Waals surface area contributed by atoms with E-state index in [1.54, 1.807) is 6.92 Å². The van der Waals surface area contributed by atoms with Crippen LogP contribution in [0.2, 0.25) is 5.02 Å². The first-order chi connectivity index (χ1) is 7.04. The third-order valence-corrected chi connectivity index (χ3v) is 1.94. The Balaban J connectivity index is 3.02. The summed E-state index contributed by atoms with van der Waals surface area (Å²) in [6.07, 6.45) is 0. The molecule has 3 nitrogen and oxygen atoms in total. The van der Waals surface area contributed by atoms with Crippen molar-refractivity contribution < 1.29 is 9.13 Å². The van der Waals surface area contributed by atoms with Gasteiger partial charge in [0.2, 0.25) is 0 Å². The SMILES string of the molecule is CCOc1c(F)cc(NC(N)=S)cc1Cl. The maximum absolute atomic E-state index is 13.4. The maximum Gasteiger partial charge on any atom is 0.173 e. The summed E-state index contributed by atoms with van der Waals surface area (Å²) in [5.74, 6) is -0.518. The zero-order valence-corrected chi connectivity index (χ0v) is 9.58. The molecule has 0 aliphatic heterocycles. The quantitative estimate of drug-likeness (QED) is 0.807. The standard InChI is InChI=1S/C9H10ClFN2OS/c1-2-14-8-6(10)3-5(4-7(8)11)13-9(12)15/h3-4H,2H2,1H3,(H3,12,13,15). The first-order valence-corrected chi connectivity index (χ1v) is 5.01. The van der Waals surface area contributed by atoms with Crippen molar-refractivity contribution >= 4 is 34.6 Å². The second kappa shape index (κ2) is 5.14. The lowest BCUT2D eigenvalue weighted by Crippen LogP contribution is -2.19. The van der Waals surface area contributed by atoms with Gasteiger partial charge in [0.15, 0.2) is 16.7 Å². The molecule has 0 aromatic heterocycles. The molecule has 1 aromatic carbocycles. The van der Waals surface area contributed by atoms with Crippen molar-refractivity contribution in [3.8, 4) is 5.75 Å². The van der Waals surface area contributed by atoms with E-state index in [1.807, 2.05) is 0 Å². The average Bonchev–Trinajstić information content (AvgIpc) is 2.10. The van der Waals surface area contributed by atoms with Crippen LogP contribution in [0.5, 0.6) is 5.75 Å². The van der Waals surface area contributed by atoms with E-state index in [0.717, 1.165) is 0 Å². The first-order valence-electron chi connectivity index (χ1n) is 4.23. The molecule has 0 saturated heterocycles. The highest BCUT2D eigenvalue weighted by Crippen LogP contribution is 2.31. The Morgan fingerprint density at radius 2 is 2.33 bits per heavy atom. The molecule has 0 unspecified atom stereocenters. The maximum atomic E-state index is 13.4. The second-order valence-electron chi connectivity index (χ2n) is 2.69. The van der Waals surface area contributed by atoms with Crippen molar-refractivity contribution in [3.63, 3.8) is 0 Å². The largest absolute Gasteiger partial charge is 0.489 e. The molecule has 15 heavy (non-hydrogen) atoms. The number of rotatable bonds is 3. The molecule has 0 bridgehead atoms. The zero-order valence-electron chi connectivity index (χ0n) is 8.01. The van der Waals surface area contributed by atoms with Gasteiger partial charge in [0, 0.05) is 11.8 Å². The Kier molecular flexibility index (Phi) is 4.11. The molecule has 82 valence electrons. The van der Waals surface area contributed by atoms with Gasteiger partial charge < -0.3 is 15.8 Å². The summed E-state index contributed by atoms with van der Waals surface area (Å²) in [5.41, 5.74) is 5.64. The first kappa shape index (κ1) is 12.0. The fourth-order valence-electron chi connectivity index (χ4n) is 1.06. The van der Waals surface area contributed by atoms with Crippen molar-refractivity contribution in [2.45, 2.75) is 6.92 Å². The van der Waals surface area contributed by atoms with E-state index in [9.17, 15) is 4.39 Å². The van der Waals surface area contributed by atoms with Crippen LogP contribution >= 0.6 is 23.8 Å². The van der Waals surface area contributed by atoms with Crippen molar-refractivity contribution in [3.05, 3.63) is 23.0 Å². The lowest BCUT2D eigenvalue weighted by atomic mass is 10.3. The molecule has 6 heteroatoms. The molecule has 0 spiro atoms. The van der Waals surface area contributed by atoms with E-state index in [2.05, 4.69) is 17.5 Å². The molecular formula is C9H10ClFN2OS.